The number of amides is 1. The van der Waals surface area contributed by atoms with Crippen LogP contribution >= 0.6 is 15.9 Å². The summed E-state index contributed by atoms with van der Waals surface area (Å²) in [4.78, 5) is 12.9. The summed E-state index contributed by atoms with van der Waals surface area (Å²) in [6, 6.07) is 11.5. The van der Waals surface area contributed by atoms with Crippen LogP contribution in [0.4, 0.5) is 14.5 Å². The molecule has 1 aliphatic rings. The highest BCUT2D eigenvalue weighted by atomic mass is 79.9. The van der Waals surface area contributed by atoms with Crippen LogP contribution < -0.4 is 5.32 Å². The smallest absolute Gasteiger partial charge is 0.235 e. The van der Waals surface area contributed by atoms with E-state index in [1.54, 1.807) is 0 Å². The van der Waals surface area contributed by atoms with Gasteiger partial charge >= 0.3 is 0 Å². The first kappa shape index (κ1) is 16.1. The van der Waals surface area contributed by atoms with Crippen LogP contribution in [0.15, 0.2) is 46.9 Å². The van der Waals surface area contributed by atoms with E-state index < -0.39 is 17.0 Å². The van der Waals surface area contributed by atoms with Crippen molar-refractivity contribution in [2.45, 2.75) is 31.1 Å². The predicted octanol–water partition coefficient (Wildman–Crippen LogP) is 5.18. The molecule has 120 valence electrons. The standard InChI is InChI=1S/C18H16BrF2NO/c19-14-10-13(20)11-15(21)16(14)22-17(23)18(8-4-5-9-18)12-6-2-1-3-7-12/h1-3,6-7,10-11H,4-5,8-9H2,(H,22,23). The van der Waals surface area contributed by atoms with Gasteiger partial charge in [0.1, 0.15) is 5.82 Å². The van der Waals surface area contributed by atoms with Gasteiger partial charge in [-0.15, -0.1) is 0 Å². The molecular weight excluding hydrogens is 364 g/mol. The lowest BCUT2D eigenvalue weighted by Crippen LogP contribution is -2.38. The van der Waals surface area contributed by atoms with Gasteiger partial charge in [0.05, 0.1) is 11.1 Å². The Bertz CT molecular complexity index is 704. The molecule has 0 saturated heterocycles. The first-order chi connectivity index (χ1) is 11.0. The summed E-state index contributed by atoms with van der Waals surface area (Å²) in [5.41, 5.74) is 0.272. The van der Waals surface area contributed by atoms with Gasteiger partial charge in [0.25, 0.3) is 0 Å². The van der Waals surface area contributed by atoms with Gasteiger partial charge in [0.2, 0.25) is 5.91 Å². The lowest BCUT2D eigenvalue weighted by atomic mass is 9.78. The van der Waals surface area contributed by atoms with E-state index in [0.717, 1.165) is 43.4 Å². The van der Waals surface area contributed by atoms with E-state index in [2.05, 4.69) is 21.2 Å². The van der Waals surface area contributed by atoms with Crippen LogP contribution in [0, 0.1) is 11.6 Å². The number of benzene rings is 2. The van der Waals surface area contributed by atoms with E-state index in [1.165, 1.54) is 0 Å². The summed E-state index contributed by atoms with van der Waals surface area (Å²) >= 11 is 3.11. The Morgan fingerprint density at radius 3 is 2.35 bits per heavy atom. The number of carbonyl (C=O) groups is 1. The molecule has 0 atom stereocenters. The van der Waals surface area contributed by atoms with E-state index in [1.807, 2.05) is 30.3 Å². The molecule has 0 spiro atoms. The fourth-order valence-corrected chi connectivity index (χ4v) is 3.78. The lowest BCUT2D eigenvalue weighted by Gasteiger charge is -2.28. The Morgan fingerprint density at radius 1 is 1.09 bits per heavy atom. The molecule has 0 heterocycles. The minimum absolute atomic E-state index is 0.0152. The van der Waals surface area contributed by atoms with Gasteiger partial charge in [-0.25, -0.2) is 8.78 Å². The van der Waals surface area contributed by atoms with Gasteiger partial charge in [-0.05, 0) is 40.4 Å². The van der Waals surface area contributed by atoms with E-state index >= 15 is 0 Å². The van der Waals surface area contributed by atoms with Crippen molar-refractivity contribution in [2.24, 2.45) is 0 Å². The Balaban J connectivity index is 1.95. The van der Waals surface area contributed by atoms with Crippen LogP contribution in [0.3, 0.4) is 0 Å². The topological polar surface area (TPSA) is 29.1 Å². The second kappa shape index (κ2) is 6.40. The van der Waals surface area contributed by atoms with Crippen LogP contribution in [0.1, 0.15) is 31.2 Å². The molecule has 0 radical (unpaired) electrons. The quantitative estimate of drug-likeness (QED) is 0.781. The summed E-state index contributed by atoms with van der Waals surface area (Å²) in [6.07, 6.45) is 3.36. The van der Waals surface area contributed by atoms with Crippen LogP contribution in [-0.4, -0.2) is 5.91 Å². The summed E-state index contributed by atoms with van der Waals surface area (Å²) in [5.74, 6) is -1.72. The number of halogens is 3. The summed E-state index contributed by atoms with van der Waals surface area (Å²) in [7, 11) is 0. The van der Waals surface area contributed by atoms with Crippen molar-refractivity contribution >= 4 is 27.5 Å². The zero-order valence-electron chi connectivity index (χ0n) is 12.4. The van der Waals surface area contributed by atoms with Gasteiger partial charge in [0.15, 0.2) is 5.82 Å². The van der Waals surface area contributed by atoms with E-state index in [4.69, 9.17) is 0 Å². The predicted molar refractivity (Wildman–Crippen MR) is 89.3 cm³/mol. The minimum Gasteiger partial charge on any atom is -0.322 e. The Hall–Kier alpha value is -1.75. The van der Waals surface area contributed by atoms with E-state index in [-0.39, 0.29) is 16.1 Å². The molecule has 1 aliphatic carbocycles. The highest BCUT2D eigenvalue weighted by Gasteiger charge is 2.42. The first-order valence-electron chi connectivity index (χ1n) is 7.54. The number of anilines is 1. The van der Waals surface area contributed by atoms with Gasteiger partial charge < -0.3 is 5.32 Å². The molecule has 1 fully saturated rings. The van der Waals surface area contributed by atoms with Gasteiger partial charge in [-0.3, -0.25) is 4.79 Å². The minimum atomic E-state index is -0.786. The molecule has 1 N–H and O–H groups in total. The second-order valence-corrected chi connectivity index (χ2v) is 6.71. The number of nitrogens with one attached hydrogen (secondary N) is 1. The van der Waals surface area contributed by atoms with Crippen molar-refractivity contribution < 1.29 is 13.6 Å². The number of rotatable bonds is 3. The van der Waals surface area contributed by atoms with Crippen LogP contribution in [0.5, 0.6) is 0 Å². The Kier molecular flexibility index (Phi) is 4.48. The van der Waals surface area contributed by atoms with Crippen molar-refractivity contribution in [3.63, 3.8) is 0 Å². The third-order valence-electron chi connectivity index (χ3n) is 4.46. The summed E-state index contributed by atoms with van der Waals surface area (Å²) < 4.78 is 27.4. The van der Waals surface area contributed by atoms with Crippen molar-refractivity contribution in [2.75, 3.05) is 5.32 Å². The molecular formula is C18H16BrF2NO. The summed E-state index contributed by atoms with van der Waals surface area (Å²) in [6.45, 7) is 0. The van der Waals surface area contributed by atoms with E-state index in [0.29, 0.717) is 0 Å². The average molecular weight is 380 g/mol. The number of hydrogen-bond donors (Lipinski definition) is 1. The first-order valence-corrected chi connectivity index (χ1v) is 8.34. The largest absolute Gasteiger partial charge is 0.322 e. The molecule has 0 aromatic heterocycles. The van der Waals surface area contributed by atoms with Gasteiger partial charge in [-0.2, -0.15) is 0 Å². The molecule has 2 nitrogen and oxygen atoms in total. The zero-order chi connectivity index (χ0) is 16.4. The van der Waals surface area contributed by atoms with Gasteiger partial charge in [0, 0.05) is 10.5 Å². The molecule has 0 unspecified atom stereocenters. The van der Waals surface area contributed by atoms with Crippen LogP contribution in [-0.2, 0) is 10.2 Å². The molecule has 2 aromatic rings. The van der Waals surface area contributed by atoms with Crippen molar-refractivity contribution in [3.8, 4) is 0 Å². The number of hydrogen-bond acceptors (Lipinski definition) is 1. The lowest BCUT2D eigenvalue weighted by molar-refractivity contribution is -0.121. The van der Waals surface area contributed by atoms with E-state index in [9.17, 15) is 13.6 Å². The maximum atomic E-state index is 14.0. The van der Waals surface area contributed by atoms with Gasteiger partial charge in [-0.1, -0.05) is 43.2 Å². The molecule has 0 bridgehead atoms. The van der Waals surface area contributed by atoms with Crippen LogP contribution in [0.25, 0.3) is 0 Å². The monoisotopic (exact) mass is 379 g/mol. The Labute approximate surface area is 142 Å². The second-order valence-electron chi connectivity index (χ2n) is 5.85. The number of carbonyl (C=O) groups excluding carboxylic acids is 1. The highest BCUT2D eigenvalue weighted by Crippen LogP contribution is 2.42. The highest BCUT2D eigenvalue weighted by molar-refractivity contribution is 9.10. The maximum Gasteiger partial charge on any atom is 0.235 e. The van der Waals surface area contributed by atoms with Crippen molar-refractivity contribution in [1.29, 1.82) is 0 Å². The molecule has 2 aromatic carbocycles. The molecule has 23 heavy (non-hydrogen) atoms. The maximum absolute atomic E-state index is 14.0. The molecule has 1 amide bonds. The molecule has 1 saturated carbocycles. The third kappa shape index (κ3) is 3.02. The molecule has 5 heteroatoms. The third-order valence-corrected chi connectivity index (χ3v) is 5.09. The zero-order valence-corrected chi connectivity index (χ0v) is 14.0. The normalized spacial score (nSPS) is 16.3. The average Bonchev–Trinajstić information content (AvgIpc) is 3.02. The molecule has 3 rings (SSSR count). The Morgan fingerprint density at radius 2 is 1.74 bits per heavy atom. The molecule has 0 aliphatic heterocycles. The fraction of sp³-hybridized carbons (Fsp3) is 0.278. The van der Waals surface area contributed by atoms with Crippen molar-refractivity contribution in [1.82, 2.24) is 0 Å². The summed E-state index contributed by atoms with van der Waals surface area (Å²) in [5, 5.41) is 2.66. The fourth-order valence-electron chi connectivity index (χ4n) is 3.28. The van der Waals surface area contributed by atoms with Crippen LogP contribution in [0.2, 0.25) is 0 Å². The van der Waals surface area contributed by atoms with Crippen molar-refractivity contribution in [3.05, 3.63) is 64.1 Å². The SMILES string of the molecule is O=C(Nc1c(F)cc(F)cc1Br)C1(c2ccccc2)CCCC1.